The predicted octanol–water partition coefficient (Wildman–Crippen LogP) is 2.49. The number of likely N-dealkylation sites (N-methyl/N-ethyl adjacent to an activating group) is 1. The number of fused-ring (bicyclic) bond motifs is 3. The lowest BCUT2D eigenvalue weighted by Gasteiger charge is -2.45. The van der Waals surface area contributed by atoms with Crippen molar-refractivity contribution in [1.82, 2.24) is 14.7 Å². The van der Waals surface area contributed by atoms with E-state index in [1.165, 1.54) is 10.9 Å². The summed E-state index contributed by atoms with van der Waals surface area (Å²) in [7, 11) is 0. The molecule has 10 heteroatoms. The lowest BCUT2D eigenvalue weighted by atomic mass is 9.57. The van der Waals surface area contributed by atoms with Gasteiger partial charge in [0.1, 0.15) is 17.6 Å². The van der Waals surface area contributed by atoms with Gasteiger partial charge in [-0.25, -0.2) is 13.5 Å². The lowest BCUT2D eigenvalue weighted by Crippen LogP contribution is -2.60. The molecule has 0 N–H and O–H groups in total. The number of likely N-dealkylation sites (tertiary alicyclic amines) is 1. The average molecular weight is 427 g/mol. The zero-order chi connectivity index (χ0) is 22.3. The van der Waals surface area contributed by atoms with Crippen molar-refractivity contribution in [3.63, 3.8) is 0 Å². The van der Waals surface area contributed by atoms with Gasteiger partial charge in [0.25, 0.3) is 5.91 Å². The Kier molecular flexibility index (Phi) is 3.88. The highest BCUT2D eigenvalue weighted by Gasteiger charge is 2.71. The molecule has 1 aliphatic carbocycles. The van der Waals surface area contributed by atoms with Crippen LogP contribution in [0.3, 0.4) is 0 Å². The van der Waals surface area contributed by atoms with Crippen molar-refractivity contribution in [2.75, 3.05) is 6.54 Å². The topological polar surface area (TPSA) is 97.0 Å². The van der Waals surface area contributed by atoms with Crippen LogP contribution in [0.25, 0.3) is 5.69 Å². The smallest absolute Gasteiger partial charge is 0.256 e. The molecule has 2 aliphatic heterocycles. The van der Waals surface area contributed by atoms with Gasteiger partial charge in [0.2, 0.25) is 5.91 Å². The molecule has 0 bridgehead atoms. The van der Waals surface area contributed by atoms with Gasteiger partial charge < -0.3 is 0 Å². The summed E-state index contributed by atoms with van der Waals surface area (Å²) in [6.45, 7) is 5.45. The second-order valence-electron chi connectivity index (χ2n) is 8.76. The predicted molar refractivity (Wildman–Crippen MR) is 103 cm³/mol. The van der Waals surface area contributed by atoms with E-state index in [0.717, 1.165) is 23.1 Å². The molecule has 3 heterocycles. The number of azo groups is 1. The van der Waals surface area contributed by atoms with Crippen LogP contribution in [0.4, 0.5) is 8.78 Å². The minimum atomic E-state index is -1.54. The Morgan fingerprint density at radius 2 is 1.77 bits per heavy atom. The largest absolute Gasteiger partial charge is 0.291 e. The molecule has 3 unspecified atom stereocenters. The molecule has 2 amide bonds. The summed E-state index contributed by atoms with van der Waals surface area (Å²) in [5.41, 5.74) is -1.63. The summed E-state index contributed by atoms with van der Waals surface area (Å²) in [5, 5.41) is 12.6. The second-order valence-corrected chi connectivity index (χ2v) is 8.76. The number of imide groups is 1. The number of halogens is 2. The van der Waals surface area contributed by atoms with E-state index in [9.17, 15) is 23.2 Å². The minimum absolute atomic E-state index is 0.147. The first kappa shape index (κ1) is 19.7. The van der Waals surface area contributed by atoms with Crippen LogP contribution in [0.15, 0.2) is 34.6 Å². The molecule has 31 heavy (non-hydrogen) atoms. The number of benzene rings is 1. The van der Waals surface area contributed by atoms with E-state index >= 15 is 0 Å². The molecule has 0 radical (unpaired) electrons. The van der Waals surface area contributed by atoms with Gasteiger partial charge in [-0.15, -0.1) is 0 Å². The van der Waals surface area contributed by atoms with Gasteiger partial charge in [-0.1, -0.05) is 13.8 Å². The van der Waals surface area contributed by atoms with Gasteiger partial charge in [-0.2, -0.15) is 15.3 Å². The van der Waals surface area contributed by atoms with Crippen LogP contribution in [-0.4, -0.2) is 50.4 Å². The number of nitrogens with zero attached hydrogens (tertiary/aromatic N) is 5. The van der Waals surface area contributed by atoms with Crippen molar-refractivity contribution < 1.29 is 23.2 Å². The molecule has 3 atom stereocenters. The average Bonchev–Trinajstić information content (AvgIpc) is 3.34. The monoisotopic (exact) mass is 427 g/mol. The first-order valence-corrected chi connectivity index (χ1v) is 9.98. The SMILES string of the molecule is CCN1C(=O)C2N=NC3(C(=O)c4cnn(-c5cc(F)cc(F)c5)c4CC3(C)C)C2C1=O. The van der Waals surface area contributed by atoms with Gasteiger partial charge in [0.15, 0.2) is 17.4 Å². The highest BCUT2D eigenvalue weighted by atomic mass is 19.1. The molecule has 1 fully saturated rings. The van der Waals surface area contributed by atoms with E-state index in [2.05, 4.69) is 15.3 Å². The number of ketones is 1. The Labute approximate surface area is 175 Å². The molecule has 2 aromatic rings. The van der Waals surface area contributed by atoms with Crippen molar-refractivity contribution in [3.8, 4) is 5.69 Å². The third-order valence-electron chi connectivity index (χ3n) is 6.67. The Hall–Kier alpha value is -3.30. The third kappa shape index (κ3) is 2.33. The normalized spacial score (nSPS) is 28.5. The van der Waals surface area contributed by atoms with Gasteiger partial charge in [-0.3, -0.25) is 19.3 Å². The van der Waals surface area contributed by atoms with Crippen LogP contribution in [0, 0.1) is 23.0 Å². The molecule has 160 valence electrons. The Morgan fingerprint density at radius 1 is 1.10 bits per heavy atom. The first-order chi connectivity index (χ1) is 14.6. The number of Topliss-reactive ketones (excluding diaryl/α,β-unsaturated/α-hetero) is 1. The molecular formula is C21H19F2N5O3. The van der Waals surface area contributed by atoms with Crippen LogP contribution in [0.2, 0.25) is 0 Å². The van der Waals surface area contributed by atoms with Crippen molar-refractivity contribution in [3.05, 3.63) is 47.3 Å². The van der Waals surface area contributed by atoms with Gasteiger partial charge in [0, 0.05) is 18.0 Å². The molecule has 3 aliphatic rings. The molecule has 8 nitrogen and oxygen atoms in total. The molecule has 5 rings (SSSR count). The molecular weight excluding hydrogens is 408 g/mol. The van der Waals surface area contributed by atoms with E-state index < -0.39 is 52.1 Å². The van der Waals surface area contributed by atoms with Crippen LogP contribution in [0.5, 0.6) is 0 Å². The summed E-state index contributed by atoms with van der Waals surface area (Å²) >= 11 is 0. The number of carbonyl (C=O) groups excluding carboxylic acids is 3. The summed E-state index contributed by atoms with van der Waals surface area (Å²) in [4.78, 5) is 40.6. The minimum Gasteiger partial charge on any atom is -0.291 e. The number of carbonyl (C=O) groups is 3. The van der Waals surface area contributed by atoms with E-state index in [1.54, 1.807) is 20.8 Å². The number of rotatable bonds is 2. The number of aromatic nitrogens is 2. The van der Waals surface area contributed by atoms with E-state index in [1.807, 2.05) is 0 Å². The zero-order valence-electron chi connectivity index (χ0n) is 17.1. The van der Waals surface area contributed by atoms with Crippen LogP contribution in [0.1, 0.15) is 36.8 Å². The Bertz CT molecular complexity index is 1180. The standard InChI is InChI=1S/C21H19F2N5O3/c1-4-27-18(30)15-16(19(27)31)25-26-21(15)17(29)13-9-24-28(14(13)8-20(21,2)3)12-6-10(22)5-11(23)7-12/h5-7,9,15-16H,4,8H2,1-3H3. The maximum atomic E-state index is 13.8. The van der Waals surface area contributed by atoms with E-state index in [0.29, 0.717) is 5.69 Å². The fraction of sp³-hybridized carbons (Fsp3) is 0.429. The third-order valence-corrected chi connectivity index (χ3v) is 6.67. The number of hydrogen-bond donors (Lipinski definition) is 0. The summed E-state index contributed by atoms with van der Waals surface area (Å²) in [6.07, 6.45) is 1.56. The summed E-state index contributed by atoms with van der Waals surface area (Å²) in [5.74, 6) is -3.90. The van der Waals surface area contributed by atoms with Gasteiger partial charge in [-0.05, 0) is 25.5 Å². The maximum absolute atomic E-state index is 13.8. The Morgan fingerprint density at radius 3 is 2.42 bits per heavy atom. The highest BCUT2D eigenvalue weighted by Crippen LogP contribution is 2.55. The van der Waals surface area contributed by atoms with Gasteiger partial charge >= 0.3 is 0 Å². The fourth-order valence-electron chi connectivity index (χ4n) is 5.19. The maximum Gasteiger partial charge on any atom is 0.256 e. The van der Waals surface area contributed by atoms with E-state index in [4.69, 9.17) is 0 Å². The first-order valence-electron chi connectivity index (χ1n) is 9.98. The number of hydrogen-bond acceptors (Lipinski definition) is 6. The van der Waals surface area contributed by atoms with Crippen molar-refractivity contribution in [1.29, 1.82) is 0 Å². The molecule has 1 aromatic heterocycles. The van der Waals surface area contributed by atoms with Gasteiger partial charge in [0.05, 0.1) is 23.1 Å². The quantitative estimate of drug-likeness (QED) is 0.688. The van der Waals surface area contributed by atoms with Crippen molar-refractivity contribution in [2.24, 2.45) is 21.6 Å². The van der Waals surface area contributed by atoms with Crippen LogP contribution < -0.4 is 0 Å². The summed E-state index contributed by atoms with van der Waals surface area (Å²) in [6, 6.07) is 2.00. The molecule has 1 spiro atoms. The summed E-state index contributed by atoms with van der Waals surface area (Å²) < 4.78 is 28.9. The van der Waals surface area contributed by atoms with Crippen molar-refractivity contribution in [2.45, 2.75) is 38.8 Å². The molecule has 1 saturated heterocycles. The van der Waals surface area contributed by atoms with E-state index in [-0.39, 0.29) is 24.2 Å². The zero-order valence-corrected chi connectivity index (χ0v) is 17.1. The highest BCUT2D eigenvalue weighted by molar-refractivity contribution is 6.15. The van der Waals surface area contributed by atoms with Crippen molar-refractivity contribution >= 4 is 17.6 Å². The number of amides is 2. The van der Waals surface area contributed by atoms with Crippen LogP contribution in [-0.2, 0) is 16.0 Å². The fourth-order valence-corrected chi connectivity index (χ4v) is 5.19. The van der Waals surface area contributed by atoms with Crippen LogP contribution >= 0.6 is 0 Å². The Balaban J connectivity index is 1.66. The molecule has 0 saturated carbocycles. The lowest BCUT2D eigenvalue weighted by molar-refractivity contribution is -0.140. The second kappa shape index (κ2) is 6.12. The molecule has 1 aromatic carbocycles.